The molecule has 1 N–H and O–H groups in total. The van der Waals surface area contributed by atoms with Crippen molar-refractivity contribution >= 4 is 5.91 Å². The molecule has 1 aliphatic rings. The van der Waals surface area contributed by atoms with Gasteiger partial charge >= 0.3 is 0 Å². The molecule has 1 aliphatic heterocycles. The number of rotatable bonds is 4. The summed E-state index contributed by atoms with van der Waals surface area (Å²) in [5, 5.41) is 3.36. The number of carbonyl (C=O) groups is 1. The lowest BCUT2D eigenvalue weighted by molar-refractivity contribution is -0.133. The van der Waals surface area contributed by atoms with E-state index in [0.29, 0.717) is 17.9 Å². The van der Waals surface area contributed by atoms with Gasteiger partial charge in [-0.05, 0) is 52.6 Å². The van der Waals surface area contributed by atoms with Crippen LogP contribution in [0, 0.1) is 5.92 Å². The van der Waals surface area contributed by atoms with Crippen LogP contribution in [0.15, 0.2) is 0 Å². The molecule has 3 heteroatoms. The molecule has 1 amide bonds. The molecule has 1 heterocycles. The third kappa shape index (κ3) is 3.82. The molecule has 0 bridgehead atoms. The SMILES string of the molecule is CCN(C(=O)CC1CCCNC1)C(C)C. The van der Waals surface area contributed by atoms with Gasteiger partial charge in [0.1, 0.15) is 0 Å². The van der Waals surface area contributed by atoms with Gasteiger partial charge in [0, 0.05) is 19.0 Å². The fraction of sp³-hybridized carbons (Fsp3) is 0.917. The molecule has 0 saturated carbocycles. The van der Waals surface area contributed by atoms with Crippen LogP contribution in [-0.4, -0.2) is 36.5 Å². The molecule has 0 aromatic rings. The fourth-order valence-corrected chi connectivity index (χ4v) is 2.29. The van der Waals surface area contributed by atoms with E-state index in [1.54, 1.807) is 0 Å². The Morgan fingerprint density at radius 3 is 2.73 bits per heavy atom. The highest BCUT2D eigenvalue weighted by Gasteiger charge is 2.21. The van der Waals surface area contributed by atoms with Gasteiger partial charge in [-0.15, -0.1) is 0 Å². The first-order valence-electron chi connectivity index (χ1n) is 6.15. The number of hydrogen-bond donors (Lipinski definition) is 1. The minimum absolute atomic E-state index is 0.321. The van der Waals surface area contributed by atoms with Crippen molar-refractivity contribution in [2.75, 3.05) is 19.6 Å². The van der Waals surface area contributed by atoms with Crippen LogP contribution in [0.4, 0.5) is 0 Å². The van der Waals surface area contributed by atoms with E-state index in [0.717, 1.165) is 26.1 Å². The molecule has 0 aliphatic carbocycles. The van der Waals surface area contributed by atoms with Gasteiger partial charge in [0.05, 0.1) is 0 Å². The van der Waals surface area contributed by atoms with Crippen molar-refractivity contribution in [3.8, 4) is 0 Å². The summed E-state index contributed by atoms with van der Waals surface area (Å²) in [6, 6.07) is 0.332. The maximum atomic E-state index is 12.0. The summed E-state index contributed by atoms with van der Waals surface area (Å²) >= 11 is 0. The Bertz CT molecular complexity index is 198. The lowest BCUT2D eigenvalue weighted by atomic mass is 9.95. The largest absolute Gasteiger partial charge is 0.341 e. The van der Waals surface area contributed by atoms with Crippen LogP contribution in [0.3, 0.4) is 0 Å². The summed E-state index contributed by atoms with van der Waals surface area (Å²) < 4.78 is 0. The average Bonchev–Trinajstić information content (AvgIpc) is 2.19. The van der Waals surface area contributed by atoms with Crippen LogP contribution >= 0.6 is 0 Å². The lowest BCUT2D eigenvalue weighted by Crippen LogP contribution is -2.40. The number of piperidine rings is 1. The molecule has 15 heavy (non-hydrogen) atoms. The molecule has 0 aromatic carbocycles. The first-order chi connectivity index (χ1) is 7.15. The highest BCUT2D eigenvalue weighted by Crippen LogP contribution is 2.16. The summed E-state index contributed by atoms with van der Waals surface area (Å²) in [5.74, 6) is 0.875. The van der Waals surface area contributed by atoms with Crippen LogP contribution < -0.4 is 5.32 Å². The van der Waals surface area contributed by atoms with Crippen molar-refractivity contribution in [3.05, 3.63) is 0 Å². The number of nitrogens with zero attached hydrogens (tertiary/aromatic N) is 1. The van der Waals surface area contributed by atoms with Crippen LogP contribution in [-0.2, 0) is 4.79 Å². The quantitative estimate of drug-likeness (QED) is 0.768. The Balaban J connectivity index is 2.38. The lowest BCUT2D eigenvalue weighted by Gasteiger charge is -2.29. The summed E-state index contributed by atoms with van der Waals surface area (Å²) in [5.41, 5.74) is 0. The van der Waals surface area contributed by atoms with Gasteiger partial charge < -0.3 is 10.2 Å². The van der Waals surface area contributed by atoms with Crippen molar-refractivity contribution in [2.45, 2.75) is 46.1 Å². The standard InChI is InChI=1S/C12H24N2O/c1-4-14(10(2)3)12(15)8-11-6-5-7-13-9-11/h10-11,13H,4-9H2,1-3H3. The van der Waals surface area contributed by atoms with E-state index in [9.17, 15) is 4.79 Å². The third-order valence-corrected chi connectivity index (χ3v) is 3.15. The first kappa shape index (κ1) is 12.5. The Morgan fingerprint density at radius 1 is 1.53 bits per heavy atom. The zero-order chi connectivity index (χ0) is 11.3. The van der Waals surface area contributed by atoms with E-state index in [2.05, 4.69) is 26.1 Å². The summed E-state index contributed by atoms with van der Waals surface area (Å²) in [6.07, 6.45) is 3.14. The second kappa shape index (κ2) is 6.11. The van der Waals surface area contributed by atoms with Crippen LogP contribution in [0.5, 0.6) is 0 Å². The van der Waals surface area contributed by atoms with E-state index in [4.69, 9.17) is 0 Å². The maximum absolute atomic E-state index is 12.0. The highest BCUT2D eigenvalue weighted by molar-refractivity contribution is 5.76. The second-order valence-electron chi connectivity index (χ2n) is 4.69. The van der Waals surface area contributed by atoms with Crippen molar-refractivity contribution in [2.24, 2.45) is 5.92 Å². The smallest absolute Gasteiger partial charge is 0.223 e. The molecule has 1 atom stereocenters. The minimum atomic E-state index is 0.321. The van der Waals surface area contributed by atoms with E-state index < -0.39 is 0 Å². The Morgan fingerprint density at radius 2 is 2.27 bits per heavy atom. The molecule has 1 fully saturated rings. The van der Waals surface area contributed by atoms with E-state index in [1.807, 2.05) is 4.90 Å². The van der Waals surface area contributed by atoms with E-state index in [-0.39, 0.29) is 0 Å². The van der Waals surface area contributed by atoms with Crippen LogP contribution in [0.1, 0.15) is 40.0 Å². The van der Waals surface area contributed by atoms with Gasteiger partial charge in [-0.1, -0.05) is 0 Å². The molecule has 0 radical (unpaired) electrons. The Labute approximate surface area is 93.2 Å². The second-order valence-corrected chi connectivity index (χ2v) is 4.69. The summed E-state index contributed by atoms with van der Waals surface area (Å²) in [7, 11) is 0. The fourth-order valence-electron chi connectivity index (χ4n) is 2.29. The molecule has 1 rings (SSSR count). The highest BCUT2D eigenvalue weighted by atomic mass is 16.2. The molecule has 3 nitrogen and oxygen atoms in total. The van der Waals surface area contributed by atoms with Crippen LogP contribution in [0.2, 0.25) is 0 Å². The van der Waals surface area contributed by atoms with Gasteiger partial charge in [0.25, 0.3) is 0 Å². The predicted molar refractivity (Wildman–Crippen MR) is 62.7 cm³/mol. The number of hydrogen-bond acceptors (Lipinski definition) is 2. The third-order valence-electron chi connectivity index (χ3n) is 3.15. The number of nitrogens with one attached hydrogen (secondary N) is 1. The van der Waals surface area contributed by atoms with Gasteiger partial charge in [-0.25, -0.2) is 0 Å². The Hall–Kier alpha value is -0.570. The topological polar surface area (TPSA) is 32.3 Å². The van der Waals surface area contributed by atoms with Crippen molar-refractivity contribution in [3.63, 3.8) is 0 Å². The Kier molecular flexibility index (Phi) is 5.09. The average molecular weight is 212 g/mol. The van der Waals surface area contributed by atoms with Gasteiger partial charge in [0.2, 0.25) is 5.91 Å². The summed E-state index contributed by atoms with van der Waals surface area (Å²) in [6.45, 7) is 9.18. The summed E-state index contributed by atoms with van der Waals surface area (Å²) in [4.78, 5) is 13.9. The maximum Gasteiger partial charge on any atom is 0.223 e. The van der Waals surface area contributed by atoms with E-state index >= 15 is 0 Å². The van der Waals surface area contributed by atoms with Crippen LogP contribution in [0.25, 0.3) is 0 Å². The molecular formula is C12H24N2O. The first-order valence-corrected chi connectivity index (χ1v) is 6.15. The van der Waals surface area contributed by atoms with Gasteiger partial charge in [-0.3, -0.25) is 4.79 Å². The minimum Gasteiger partial charge on any atom is -0.341 e. The monoisotopic (exact) mass is 212 g/mol. The molecular weight excluding hydrogens is 188 g/mol. The van der Waals surface area contributed by atoms with Crippen molar-refractivity contribution in [1.82, 2.24) is 10.2 Å². The molecule has 1 saturated heterocycles. The van der Waals surface area contributed by atoms with Crippen molar-refractivity contribution in [1.29, 1.82) is 0 Å². The zero-order valence-corrected chi connectivity index (χ0v) is 10.3. The molecule has 0 aromatic heterocycles. The van der Waals surface area contributed by atoms with Gasteiger partial charge in [0.15, 0.2) is 0 Å². The van der Waals surface area contributed by atoms with E-state index in [1.165, 1.54) is 12.8 Å². The predicted octanol–water partition coefficient (Wildman–Crippen LogP) is 1.63. The van der Waals surface area contributed by atoms with Gasteiger partial charge in [-0.2, -0.15) is 0 Å². The number of carbonyl (C=O) groups excluding carboxylic acids is 1. The molecule has 88 valence electrons. The normalized spacial score (nSPS) is 21.7. The number of amides is 1. The van der Waals surface area contributed by atoms with Crippen molar-refractivity contribution < 1.29 is 4.79 Å². The molecule has 0 spiro atoms. The molecule has 1 unspecified atom stereocenters. The zero-order valence-electron chi connectivity index (χ0n) is 10.3.